The van der Waals surface area contributed by atoms with E-state index in [0.717, 1.165) is 12.0 Å². The highest BCUT2D eigenvalue weighted by molar-refractivity contribution is 7.99. The summed E-state index contributed by atoms with van der Waals surface area (Å²) in [6.45, 7) is 2.04. The molecule has 0 unspecified atom stereocenters. The van der Waals surface area contributed by atoms with Crippen molar-refractivity contribution in [3.05, 3.63) is 65.2 Å². The van der Waals surface area contributed by atoms with Gasteiger partial charge in [0.1, 0.15) is 0 Å². The van der Waals surface area contributed by atoms with E-state index in [2.05, 4.69) is 38.7 Å². The van der Waals surface area contributed by atoms with Gasteiger partial charge in [-0.2, -0.15) is 0 Å². The molecular weight excluding hydrogens is 368 g/mol. The van der Waals surface area contributed by atoms with Crippen molar-refractivity contribution in [2.45, 2.75) is 43.8 Å². The zero-order chi connectivity index (χ0) is 19.3. The average molecular weight is 393 g/mol. The van der Waals surface area contributed by atoms with E-state index in [1.165, 1.54) is 47.7 Å². The summed E-state index contributed by atoms with van der Waals surface area (Å²) in [7, 11) is 0. The van der Waals surface area contributed by atoms with E-state index in [1.54, 1.807) is 0 Å². The topological polar surface area (TPSA) is 70.7 Å². The van der Waals surface area contributed by atoms with Gasteiger partial charge < -0.3 is 5.32 Å². The number of H-pyrrole nitrogens is 1. The minimum Gasteiger partial charge on any atom is -0.349 e. The van der Waals surface area contributed by atoms with Crippen molar-refractivity contribution in [2.24, 2.45) is 0 Å². The van der Waals surface area contributed by atoms with Crippen LogP contribution in [0.4, 0.5) is 0 Å². The summed E-state index contributed by atoms with van der Waals surface area (Å²) in [5.41, 5.74) is 5.05. The maximum absolute atomic E-state index is 12.4. The third kappa shape index (κ3) is 4.44. The van der Waals surface area contributed by atoms with Gasteiger partial charge in [-0.05, 0) is 49.3 Å². The standard InChI is InChI=1S/C22H24N4OS/c1-15(18-12-11-16-7-5-6-10-19(16)13-18)23-20(27)14-28-22-24-21(25-26-22)17-8-3-2-4-9-17/h2-4,8-9,11-13,15H,5-7,10,14H2,1H3,(H,23,27)(H,24,25,26)/t15-/m1/s1. The molecule has 0 bridgehead atoms. The van der Waals surface area contributed by atoms with Crippen LogP contribution < -0.4 is 5.32 Å². The van der Waals surface area contributed by atoms with Crippen LogP contribution in [-0.4, -0.2) is 26.8 Å². The number of aromatic nitrogens is 3. The highest BCUT2D eigenvalue weighted by Crippen LogP contribution is 2.25. The Labute approximate surface area is 169 Å². The third-order valence-corrected chi connectivity index (χ3v) is 5.94. The van der Waals surface area contributed by atoms with Crippen LogP contribution in [0.15, 0.2) is 53.7 Å². The summed E-state index contributed by atoms with van der Waals surface area (Å²) >= 11 is 1.34. The average Bonchev–Trinajstić information content (AvgIpc) is 3.22. The quantitative estimate of drug-likeness (QED) is 0.613. The molecule has 0 spiro atoms. The molecule has 1 aliphatic carbocycles. The van der Waals surface area contributed by atoms with Crippen molar-refractivity contribution in [3.8, 4) is 11.4 Å². The molecule has 0 saturated carbocycles. The second-order valence-corrected chi connectivity index (χ2v) is 8.09. The zero-order valence-corrected chi connectivity index (χ0v) is 16.8. The first-order chi connectivity index (χ1) is 13.7. The molecule has 0 saturated heterocycles. The molecule has 1 aliphatic rings. The third-order valence-electron chi connectivity index (χ3n) is 5.09. The number of benzene rings is 2. The number of hydrogen-bond acceptors (Lipinski definition) is 4. The number of aromatic amines is 1. The van der Waals surface area contributed by atoms with Gasteiger partial charge in [0.25, 0.3) is 0 Å². The Morgan fingerprint density at radius 1 is 1.14 bits per heavy atom. The second kappa shape index (κ2) is 8.61. The van der Waals surface area contributed by atoms with Crippen LogP contribution in [0.1, 0.15) is 42.5 Å². The summed E-state index contributed by atoms with van der Waals surface area (Å²) in [6, 6.07) is 16.4. The largest absolute Gasteiger partial charge is 0.349 e. The summed E-state index contributed by atoms with van der Waals surface area (Å²) in [5.74, 6) is 0.994. The number of rotatable bonds is 6. The molecule has 4 rings (SSSR count). The van der Waals surface area contributed by atoms with Gasteiger partial charge in [-0.3, -0.25) is 9.89 Å². The molecule has 1 aromatic heterocycles. The van der Waals surface area contributed by atoms with Gasteiger partial charge >= 0.3 is 0 Å². The smallest absolute Gasteiger partial charge is 0.230 e. The monoisotopic (exact) mass is 392 g/mol. The van der Waals surface area contributed by atoms with Gasteiger partial charge in [0.2, 0.25) is 11.1 Å². The van der Waals surface area contributed by atoms with E-state index >= 15 is 0 Å². The van der Waals surface area contributed by atoms with Crippen molar-refractivity contribution in [2.75, 3.05) is 5.75 Å². The molecule has 3 aromatic rings. The van der Waals surface area contributed by atoms with Crippen LogP contribution >= 0.6 is 11.8 Å². The molecule has 5 nitrogen and oxygen atoms in total. The lowest BCUT2D eigenvalue weighted by molar-refractivity contribution is -0.119. The molecule has 1 amide bonds. The van der Waals surface area contributed by atoms with Gasteiger partial charge in [-0.15, -0.1) is 5.10 Å². The highest BCUT2D eigenvalue weighted by atomic mass is 32.2. The van der Waals surface area contributed by atoms with Crippen LogP contribution in [-0.2, 0) is 17.6 Å². The molecular formula is C22H24N4OS. The van der Waals surface area contributed by atoms with Gasteiger partial charge in [0.15, 0.2) is 5.82 Å². The summed E-state index contributed by atoms with van der Waals surface area (Å²) in [4.78, 5) is 16.8. The van der Waals surface area contributed by atoms with Crippen LogP contribution in [0.2, 0.25) is 0 Å². The lowest BCUT2D eigenvalue weighted by Crippen LogP contribution is -2.28. The number of thioether (sulfide) groups is 1. The van der Waals surface area contributed by atoms with Crippen LogP contribution in [0.25, 0.3) is 11.4 Å². The number of aryl methyl sites for hydroxylation is 2. The van der Waals surface area contributed by atoms with E-state index < -0.39 is 0 Å². The zero-order valence-electron chi connectivity index (χ0n) is 15.9. The molecule has 1 atom stereocenters. The molecule has 0 aliphatic heterocycles. The van der Waals surface area contributed by atoms with E-state index in [1.807, 2.05) is 37.3 Å². The molecule has 0 radical (unpaired) electrons. The fourth-order valence-electron chi connectivity index (χ4n) is 3.56. The van der Waals surface area contributed by atoms with E-state index in [9.17, 15) is 4.79 Å². The van der Waals surface area contributed by atoms with E-state index in [0.29, 0.717) is 16.7 Å². The number of carbonyl (C=O) groups is 1. The Morgan fingerprint density at radius 2 is 1.93 bits per heavy atom. The van der Waals surface area contributed by atoms with Crippen molar-refractivity contribution in [3.63, 3.8) is 0 Å². The highest BCUT2D eigenvalue weighted by Gasteiger charge is 2.15. The fraction of sp³-hybridized carbons (Fsp3) is 0.318. The summed E-state index contributed by atoms with van der Waals surface area (Å²) < 4.78 is 0. The molecule has 1 heterocycles. The van der Waals surface area contributed by atoms with Crippen molar-refractivity contribution < 1.29 is 4.79 Å². The van der Waals surface area contributed by atoms with Crippen LogP contribution in [0.3, 0.4) is 0 Å². The van der Waals surface area contributed by atoms with Gasteiger partial charge in [0.05, 0.1) is 11.8 Å². The molecule has 0 fully saturated rings. The number of hydrogen-bond donors (Lipinski definition) is 2. The van der Waals surface area contributed by atoms with E-state index in [4.69, 9.17) is 0 Å². The first kappa shape index (κ1) is 18.7. The number of carbonyl (C=O) groups excluding carboxylic acids is 1. The van der Waals surface area contributed by atoms with Crippen LogP contribution in [0.5, 0.6) is 0 Å². The number of fused-ring (bicyclic) bond motifs is 1. The predicted octanol–water partition coefficient (Wildman–Crippen LogP) is 4.32. The van der Waals surface area contributed by atoms with Gasteiger partial charge in [-0.1, -0.05) is 60.3 Å². The molecule has 6 heteroatoms. The lowest BCUT2D eigenvalue weighted by Gasteiger charge is -2.20. The van der Waals surface area contributed by atoms with Crippen LogP contribution in [0, 0.1) is 0 Å². The van der Waals surface area contributed by atoms with Crippen molar-refractivity contribution in [1.29, 1.82) is 0 Å². The lowest BCUT2D eigenvalue weighted by atomic mass is 9.89. The normalized spacial score (nSPS) is 14.3. The molecule has 2 N–H and O–H groups in total. The molecule has 28 heavy (non-hydrogen) atoms. The van der Waals surface area contributed by atoms with Gasteiger partial charge in [-0.25, -0.2) is 4.98 Å². The predicted molar refractivity (Wildman–Crippen MR) is 112 cm³/mol. The second-order valence-electron chi connectivity index (χ2n) is 7.15. The minimum absolute atomic E-state index is 0.00708. The number of nitrogens with zero attached hydrogens (tertiary/aromatic N) is 2. The molecule has 144 valence electrons. The Hall–Kier alpha value is -2.60. The van der Waals surface area contributed by atoms with Crippen molar-refractivity contribution in [1.82, 2.24) is 20.5 Å². The Balaban J connectivity index is 1.31. The van der Waals surface area contributed by atoms with Crippen molar-refractivity contribution >= 4 is 17.7 Å². The number of nitrogens with one attached hydrogen (secondary N) is 2. The molecule has 2 aromatic carbocycles. The maximum atomic E-state index is 12.4. The fourth-order valence-corrected chi connectivity index (χ4v) is 4.16. The minimum atomic E-state index is -0.0127. The Kier molecular flexibility index (Phi) is 5.76. The Morgan fingerprint density at radius 3 is 2.75 bits per heavy atom. The van der Waals surface area contributed by atoms with E-state index in [-0.39, 0.29) is 11.9 Å². The van der Waals surface area contributed by atoms with Gasteiger partial charge in [0, 0.05) is 5.56 Å². The first-order valence-corrected chi connectivity index (χ1v) is 10.7. The Bertz CT molecular complexity index is 954. The summed E-state index contributed by atoms with van der Waals surface area (Å²) in [6.07, 6.45) is 4.86. The first-order valence-electron chi connectivity index (χ1n) is 9.71. The number of amides is 1. The SMILES string of the molecule is C[C@@H](NC(=O)CSc1n[nH]c(-c2ccccc2)n1)c1ccc2c(c1)CCCC2. The maximum Gasteiger partial charge on any atom is 0.230 e. The summed E-state index contributed by atoms with van der Waals surface area (Å²) in [5, 5.41) is 10.8.